The average Bonchev–Trinajstić information content (AvgIpc) is 3.15. The number of rotatable bonds is 41. The summed E-state index contributed by atoms with van der Waals surface area (Å²) in [6.45, 7) is 12.6. The highest BCUT2D eigenvalue weighted by atomic mass is 16.5. The molecule has 0 heterocycles. The third kappa shape index (κ3) is 41.8. The van der Waals surface area contributed by atoms with Crippen molar-refractivity contribution < 1.29 is 29.6 Å². The molecule has 3 unspecified atom stereocenters. The van der Waals surface area contributed by atoms with Gasteiger partial charge in [-0.3, -0.25) is 9.59 Å². The summed E-state index contributed by atoms with van der Waals surface area (Å²) in [5, 5.41) is 27.0. The Bertz CT molecular complexity index is 722. The quantitative estimate of drug-likeness (QED) is 0.0324. The molecular formula is C46H93NO6. The molecule has 0 aliphatic carbocycles. The fourth-order valence-corrected chi connectivity index (χ4v) is 7.57. The maximum Gasteiger partial charge on any atom is 0.305 e. The van der Waals surface area contributed by atoms with E-state index in [4.69, 9.17) is 14.6 Å². The monoisotopic (exact) mass is 756 g/mol. The lowest BCUT2D eigenvalue weighted by molar-refractivity contribution is -0.144. The summed E-state index contributed by atoms with van der Waals surface area (Å²) in [5.41, 5.74) is 0. The highest BCUT2D eigenvalue weighted by molar-refractivity contribution is 5.69. The lowest BCUT2D eigenvalue weighted by Crippen LogP contribution is -2.34. The number of carbonyl (C=O) groups excluding carboxylic acids is 1. The van der Waals surface area contributed by atoms with Gasteiger partial charge < -0.3 is 25.0 Å². The van der Waals surface area contributed by atoms with Crippen molar-refractivity contribution in [1.29, 1.82) is 0 Å². The first-order valence-corrected chi connectivity index (χ1v) is 23.2. The van der Waals surface area contributed by atoms with E-state index in [9.17, 15) is 15.0 Å². The molecule has 0 aromatic heterocycles. The van der Waals surface area contributed by atoms with Gasteiger partial charge in [0.05, 0.1) is 12.7 Å². The minimum Gasteiger partial charge on any atom is -0.483 e. The summed E-state index contributed by atoms with van der Waals surface area (Å²) in [7, 11) is 0. The summed E-state index contributed by atoms with van der Waals surface area (Å²) < 4.78 is 5.51. The van der Waals surface area contributed by atoms with Crippen molar-refractivity contribution in [3.05, 3.63) is 0 Å². The standard InChI is InChI=1S/C45H91NO4.CH2O2/c1-5-9-12-16-23-32-43(31-22-10-6-2)33-24-18-19-25-34-44(48)41-46(38-28-21-29-39-47)37-27-20-15-13-14-17-26-35-45(49)50-40-36-42(8-4)30-11-7-3;2-1-3/h42-44,47-48H,5-41H2,1-4H3;1H,(H,2,3). The van der Waals surface area contributed by atoms with Gasteiger partial charge in [-0.1, -0.05) is 182 Å². The van der Waals surface area contributed by atoms with Crippen molar-refractivity contribution in [3.63, 3.8) is 0 Å². The van der Waals surface area contributed by atoms with Crippen LogP contribution in [0.3, 0.4) is 0 Å². The molecule has 318 valence electrons. The van der Waals surface area contributed by atoms with Crippen LogP contribution in [0.15, 0.2) is 0 Å². The number of esters is 1. The topological polar surface area (TPSA) is 107 Å². The Balaban J connectivity index is 0. The molecule has 0 aromatic rings. The third-order valence-corrected chi connectivity index (χ3v) is 11.1. The van der Waals surface area contributed by atoms with Crippen LogP contribution in [0, 0.1) is 11.8 Å². The number of unbranched alkanes of at least 4 members (excludes halogenated alkanes) is 18. The molecule has 0 aliphatic heterocycles. The SMILES string of the molecule is CCCCCCCC(CCCCC)CCCCCCC(O)CN(CCCCCO)CCCCCCCCCC(=O)OCCC(CC)CCCC.O=CO. The van der Waals surface area contributed by atoms with Crippen molar-refractivity contribution in [1.82, 2.24) is 4.90 Å². The minimum atomic E-state index is -0.250. The molecule has 3 atom stereocenters. The number of aliphatic hydroxyl groups excluding tert-OH is 2. The molecule has 53 heavy (non-hydrogen) atoms. The van der Waals surface area contributed by atoms with Gasteiger partial charge in [0, 0.05) is 19.6 Å². The van der Waals surface area contributed by atoms with Crippen LogP contribution in [-0.4, -0.2) is 71.6 Å². The van der Waals surface area contributed by atoms with Gasteiger partial charge in [0.2, 0.25) is 0 Å². The van der Waals surface area contributed by atoms with Crippen LogP contribution in [0.1, 0.15) is 233 Å². The van der Waals surface area contributed by atoms with Crippen LogP contribution in [-0.2, 0) is 14.3 Å². The molecule has 0 rings (SSSR count). The van der Waals surface area contributed by atoms with Gasteiger partial charge in [-0.05, 0) is 69.9 Å². The Kier molecular flexibility index (Phi) is 46.0. The number of carbonyl (C=O) groups is 2. The van der Waals surface area contributed by atoms with Crippen LogP contribution in [0.4, 0.5) is 0 Å². The Hall–Kier alpha value is -1.18. The van der Waals surface area contributed by atoms with E-state index in [-0.39, 0.29) is 25.2 Å². The Morgan fingerprint density at radius 3 is 1.55 bits per heavy atom. The second kappa shape index (κ2) is 45.2. The third-order valence-electron chi connectivity index (χ3n) is 11.1. The number of aliphatic hydroxyl groups is 2. The maximum atomic E-state index is 12.1. The molecule has 0 bridgehead atoms. The van der Waals surface area contributed by atoms with E-state index in [1.807, 2.05) is 0 Å². The first-order valence-electron chi connectivity index (χ1n) is 23.2. The van der Waals surface area contributed by atoms with Crippen LogP contribution in [0.25, 0.3) is 0 Å². The fraction of sp³-hybridized carbons (Fsp3) is 0.957. The Morgan fingerprint density at radius 1 is 0.566 bits per heavy atom. The number of ether oxygens (including phenoxy) is 1. The van der Waals surface area contributed by atoms with Crippen molar-refractivity contribution in [2.45, 2.75) is 239 Å². The number of carboxylic acid groups (broad SMARTS) is 1. The van der Waals surface area contributed by atoms with E-state index < -0.39 is 0 Å². The van der Waals surface area contributed by atoms with Crippen molar-refractivity contribution in [2.75, 3.05) is 32.8 Å². The van der Waals surface area contributed by atoms with Gasteiger partial charge in [-0.15, -0.1) is 0 Å². The zero-order valence-electron chi connectivity index (χ0n) is 36.0. The van der Waals surface area contributed by atoms with Gasteiger partial charge >= 0.3 is 5.97 Å². The number of hydrogen-bond donors (Lipinski definition) is 3. The summed E-state index contributed by atoms with van der Waals surface area (Å²) in [6, 6.07) is 0. The molecule has 7 heteroatoms. The molecule has 0 radical (unpaired) electrons. The van der Waals surface area contributed by atoms with E-state index >= 15 is 0 Å². The average molecular weight is 756 g/mol. The first kappa shape index (κ1) is 53.9. The van der Waals surface area contributed by atoms with Crippen LogP contribution in [0.2, 0.25) is 0 Å². The molecule has 0 amide bonds. The maximum absolute atomic E-state index is 12.1. The fourth-order valence-electron chi connectivity index (χ4n) is 7.57. The van der Waals surface area contributed by atoms with E-state index in [1.54, 1.807) is 0 Å². The van der Waals surface area contributed by atoms with Crippen LogP contribution < -0.4 is 0 Å². The van der Waals surface area contributed by atoms with Gasteiger partial charge in [-0.2, -0.15) is 0 Å². The molecule has 0 saturated heterocycles. The summed E-state index contributed by atoms with van der Waals surface area (Å²) in [6.07, 6.45) is 39.0. The summed E-state index contributed by atoms with van der Waals surface area (Å²) in [4.78, 5) is 23.0. The molecule has 3 N–H and O–H groups in total. The lowest BCUT2D eigenvalue weighted by Gasteiger charge is -2.25. The molecular weight excluding hydrogens is 663 g/mol. The molecule has 0 fully saturated rings. The van der Waals surface area contributed by atoms with Crippen molar-refractivity contribution in [2.24, 2.45) is 11.8 Å². The second-order valence-corrected chi connectivity index (χ2v) is 16.1. The molecule has 7 nitrogen and oxygen atoms in total. The van der Waals surface area contributed by atoms with Crippen molar-refractivity contribution in [3.8, 4) is 0 Å². The molecule has 0 saturated carbocycles. The van der Waals surface area contributed by atoms with Gasteiger partial charge in [0.1, 0.15) is 0 Å². The van der Waals surface area contributed by atoms with E-state index in [0.717, 1.165) is 76.9 Å². The Morgan fingerprint density at radius 2 is 1.00 bits per heavy atom. The van der Waals surface area contributed by atoms with Gasteiger partial charge in [-0.25, -0.2) is 0 Å². The highest BCUT2D eigenvalue weighted by Crippen LogP contribution is 2.24. The zero-order valence-corrected chi connectivity index (χ0v) is 36.0. The van der Waals surface area contributed by atoms with Crippen LogP contribution in [0.5, 0.6) is 0 Å². The number of nitrogens with zero attached hydrogens (tertiary/aromatic N) is 1. The van der Waals surface area contributed by atoms with Crippen LogP contribution >= 0.6 is 0 Å². The second-order valence-electron chi connectivity index (χ2n) is 16.1. The predicted octanol–water partition coefficient (Wildman–Crippen LogP) is 12.7. The summed E-state index contributed by atoms with van der Waals surface area (Å²) >= 11 is 0. The van der Waals surface area contributed by atoms with E-state index in [0.29, 0.717) is 18.9 Å². The van der Waals surface area contributed by atoms with Gasteiger partial charge in [0.25, 0.3) is 6.47 Å². The van der Waals surface area contributed by atoms with Gasteiger partial charge in [0.15, 0.2) is 0 Å². The zero-order chi connectivity index (χ0) is 39.5. The number of hydrogen-bond acceptors (Lipinski definition) is 6. The normalized spacial score (nSPS) is 13.0. The smallest absolute Gasteiger partial charge is 0.305 e. The lowest BCUT2D eigenvalue weighted by atomic mass is 9.89. The van der Waals surface area contributed by atoms with E-state index in [1.165, 1.54) is 148 Å². The minimum absolute atomic E-state index is 0.0123. The Labute approximate surface area is 330 Å². The van der Waals surface area contributed by atoms with E-state index in [2.05, 4.69) is 32.6 Å². The summed E-state index contributed by atoms with van der Waals surface area (Å²) in [5.74, 6) is 1.62. The molecule has 0 aliphatic rings. The predicted molar refractivity (Wildman–Crippen MR) is 227 cm³/mol. The molecule has 0 spiro atoms. The molecule has 0 aromatic carbocycles. The highest BCUT2D eigenvalue weighted by Gasteiger charge is 2.13. The first-order chi connectivity index (χ1) is 25.9. The van der Waals surface area contributed by atoms with Crippen molar-refractivity contribution >= 4 is 12.4 Å². The largest absolute Gasteiger partial charge is 0.483 e.